The van der Waals surface area contributed by atoms with Crippen LogP contribution in [0, 0.1) is 6.92 Å². The van der Waals surface area contributed by atoms with E-state index in [0.717, 1.165) is 17.1 Å². The molecule has 2 rings (SSSR count). The van der Waals surface area contributed by atoms with Crippen molar-refractivity contribution in [2.45, 2.75) is 39.9 Å². The zero-order valence-corrected chi connectivity index (χ0v) is 11.5. The van der Waals surface area contributed by atoms with Crippen molar-refractivity contribution >= 4 is 11.6 Å². The van der Waals surface area contributed by atoms with Crippen molar-refractivity contribution in [1.82, 2.24) is 20.3 Å². The van der Waals surface area contributed by atoms with Gasteiger partial charge in [-0.05, 0) is 6.92 Å². The molecule has 2 aromatic heterocycles. The third-order valence-corrected chi connectivity index (χ3v) is 3.02. The van der Waals surface area contributed by atoms with E-state index in [4.69, 9.17) is 16.1 Å². The Morgan fingerprint density at radius 2 is 2.28 bits per heavy atom. The highest BCUT2D eigenvalue weighted by atomic mass is 35.5. The molecule has 0 radical (unpaired) electrons. The molecule has 0 unspecified atom stereocenters. The molecular formula is C12H17ClN4O. The van der Waals surface area contributed by atoms with Gasteiger partial charge >= 0.3 is 0 Å². The number of hydrogen-bond donors (Lipinski definition) is 1. The predicted octanol–water partition coefficient (Wildman–Crippen LogP) is 2.38. The van der Waals surface area contributed by atoms with Gasteiger partial charge in [-0.15, -0.1) is 0 Å². The summed E-state index contributed by atoms with van der Waals surface area (Å²) in [5, 5.41) is 12.1. The highest BCUT2D eigenvalue weighted by Gasteiger charge is 2.09. The van der Waals surface area contributed by atoms with Crippen LogP contribution in [-0.2, 0) is 13.1 Å². The quantitative estimate of drug-likeness (QED) is 0.905. The van der Waals surface area contributed by atoms with Gasteiger partial charge in [-0.25, -0.2) is 0 Å². The normalized spacial score (nSPS) is 11.4. The summed E-state index contributed by atoms with van der Waals surface area (Å²) in [6.07, 6.45) is 1.63. The zero-order valence-electron chi connectivity index (χ0n) is 10.8. The monoisotopic (exact) mass is 268 g/mol. The van der Waals surface area contributed by atoms with Crippen LogP contribution in [0.4, 0.5) is 0 Å². The topological polar surface area (TPSA) is 55.9 Å². The number of nitrogens with one attached hydrogen (secondary N) is 1. The Bertz CT molecular complexity index is 518. The minimum atomic E-state index is 0.428. The average molecular weight is 269 g/mol. The molecule has 2 heterocycles. The van der Waals surface area contributed by atoms with Gasteiger partial charge < -0.3 is 9.84 Å². The molecule has 2 aromatic rings. The molecule has 1 N–H and O–H groups in total. The lowest BCUT2D eigenvalue weighted by Gasteiger charge is -2.03. The Morgan fingerprint density at radius 1 is 1.50 bits per heavy atom. The highest BCUT2D eigenvalue weighted by Crippen LogP contribution is 2.15. The molecule has 0 saturated heterocycles. The molecule has 98 valence electrons. The van der Waals surface area contributed by atoms with E-state index in [1.54, 1.807) is 10.9 Å². The van der Waals surface area contributed by atoms with E-state index < -0.39 is 0 Å². The summed E-state index contributed by atoms with van der Waals surface area (Å²) in [7, 11) is 0. The molecule has 0 atom stereocenters. The van der Waals surface area contributed by atoms with Gasteiger partial charge in [0.15, 0.2) is 5.76 Å². The average Bonchev–Trinajstić information content (AvgIpc) is 2.89. The molecule has 5 nitrogen and oxygen atoms in total. The number of nitrogens with zero attached hydrogens (tertiary/aromatic N) is 3. The van der Waals surface area contributed by atoms with E-state index in [2.05, 4.69) is 29.4 Å². The molecule has 0 amide bonds. The van der Waals surface area contributed by atoms with Gasteiger partial charge in [-0.1, -0.05) is 30.6 Å². The van der Waals surface area contributed by atoms with Crippen LogP contribution in [0.3, 0.4) is 0 Å². The first-order valence-corrected chi connectivity index (χ1v) is 6.30. The predicted molar refractivity (Wildman–Crippen MR) is 69.6 cm³/mol. The first-order chi connectivity index (χ1) is 8.56. The molecule has 0 bridgehead atoms. The van der Waals surface area contributed by atoms with Gasteiger partial charge in [0.1, 0.15) is 6.54 Å². The summed E-state index contributed by atoms with van der Waals surface area (Å²) in [6, 6.07) is 2.36. The number of aromatic nitrogens is 3. The van der Waals surface area contributed by atoms with Crippen molar-refractivity contribution in [3.63, 3.8) is 0 Å². The van der Waals surface area contributed by atoms with Crippen molar-refractivity contribution in [3.05, 3.63) is 34.4 Å². The molecule has 0 fully saturated rings. The van der Waals surface area contributed by atoms with E-state index in [0.29, 0.717) is 24.2 Å². The van der Waals surface area contributed by atoms with Gasteiger partial charge in [0.2, 0.25) is 0 Å². The number of rotatable bonds is 5. The first-order valence-electron chi connectivity index (χ1n) is 5.92. The molecular weight excluding hydrogens is 252 g/mol. The molecule has 0 saturated carbocycles. The fourth-order valence-electron chi connectivity index (χ4n) is 1.55. The van der Waals surface area contributed by atoms with E-state index >= 15 is 0 Å². The fourth-order valence-corrected chi connectivity index (χ4v) is 1.69. The standard InChI is InChI=1S/C12H17ClN4O/c1-8(2)14-5-10-4-11(18-16-10)7-17-9(3)12(13)6-15-17/h4,6,8,14H,5,7H2,1-3H3. The fraction of sp³-hybridized carbons (Fsp3) is 0.500. The Labute approximate surface area is 111 Å². The number of halogens is 1. The summed E-state index contributed by atoms with van der Waals surface area (Å²) in [5.41, 5.74) is 1.82. The summed E-state index contributed by atoms with van der Waals surface area (Å²) < 4.78 is 7.07. The van der Waals surface area contributed by atoms with E-state index in [1.807, 2.05) is 13.0 Å². The van der Waals surface area contributed by atoms with E-state index in [1.165, 1.54) is 0 Å². The first kappa shape index (κ1) is 13.1. The SMILES string of the molecule is Cc1c(Cl)cnn1Cc1cc(CNC(C)C)no1. The molecule has 0 aliphatic carbocycles. The van der Waals surface area contributed by atoms with Gasteiger partial charge in [0, 0.05) is 18.7 Å². The third-order valence-electron chi connectivity index (χ3n) is 2.65. The van der Waals surface area contributed by atoms with Gasteiger partial charge in [0.25, 0.3) is 0 Å². The van der Waals surface area contributed by atoms with Crippen LogP contribution >= 0.6 is 11.6 Å². The lowest BCUT2D eigenvalue weighted by atomic mass is 10.3. The largest absolute Gasteiger partial charge is 0.359 e. The van der Waals surface area contributed by atoms with Crippen LogP contribution in [0.25, 0.3) is 0 Å². The lowest BCUT2D eigenvalue weighted by molar-refractivity contribution is 0.362. The molecule has 6 heteroatoms. The smallest absolute Gasteiger partial charge is 0.158 e. The van der Waals surface area contributed by atoms with Crippen LogP contribution < -0.4 is 5.32 Å². The summed E-state index contributed by atoms with van der Waals surface area (Å²) in [5.74, 6) is 0.776. The van der Waals surface area contributed by atoms with Crippen molar-refractivity contribution in [3.8, 4) is 0 Å². The molecule has 0 aromatic carbocycles. The van der Waals surface area contributed by atoms with Gasteiger partial charge in [-0.2, -0.15) is 5.10 Å². The van der Waals surface area contributed by atoms with Crippen LogP contribution in [-0.4, -0.2) is 21.0 Å². The maximum Gasteiger partial charge on any atom is 0.158 e. The molecule has 0 aliphatic heterocycles. The Balaban J connectivity index is 2.00. The number of hydrogen-bond acceptors (Lipinski definition) is 4. The summed E-state index contributed by atoms with van der Waals surface area (Å²) in [4.78, 5) is 0. The second kappa shape index (κ2) is 5.54. The Hall–Kier alpha value is -1.33. The van der Waals surface area contributed by atoms with Crippen molar-refractivity contribution in [2.24, 2.45) is 0 Å². The summed E-state index contributed by atoms with van der Waals surface area (Å²) >= 11 is 5.95. The van der Waals surface area contributed by atoms with E-state index in [9.17, 15) is 0 Å². The maximum absolute atomic E-state index is 5.95. The van der Waals surface area contributed by atoms with Crippen molar-refractivity contribution in [1.29, 1.82) is 0 Å². The second-order valence-electron chi connectivity index (χ2n) is 4.56. The van der Waals surface area contributed by atoms with Crippen molar-refractivity contribution < 1.29 is 4.52 Å². The maximum atomic E-state index is 5.95. The minimum absolute atomic E-state index is 0.428. The van der Waals surface area contributed by atoms with Crippen LogP contribution in [0.5, 0.6) is 0 Å². The summed E-state index contributed by atoms with van der Waals surface area (Å²) in [6.45, 7) is 7.37. The Morgan fingerprint density at radius 3 is 2.89 bits per heavy atom. The molecule has 0 spiro atoms. The van der Waals surface area contributed by atoms with Crippen LogP contribution in [0.1, 0.15) is 31.0 Å². The minimum Gasteiger partial charge on any atom is -0.359 e. The second-order valence-corrected chi connectivity index (χ2v) is 4.96. The van der Waals surface area contributed by atoms with Gasteiger partial charge in [-0.3, -0.25) is 4.68 Å². The molecule has 18 heavy (non-hydrogen) atoms. The molecule has 0 aliphatic rings. The third kappa shape index (κ3) is 3.11. The van der Waals surface area contributed by atoms with E-state index in [-0.39, 0.29) is 0 Å². The van der Waals surface area contributed by atoms with Crippen LogP contribution in [0.2, 0.25) is 5.02 Å². The Kier molecular flexibility index (Phi) is 4.04. The van der Waals surface area contributed by atoms with Gasteiger partial charge in [0.05, 0.1) is 22.6 Å². The zero-order chi connectivity index (χ0) is 13.1. The highest BCUT2D eigenvalue weighted by molar-refractivity contribution is 6.31. The van der Waals surface area contributed by atoms with Crippen molar-refractivity contribution in [2.75, 3.05) is 0 Å². The van der Waals surface area contributed by atoms with Crippen LogP contribution in [0.15, 0.2) is 16.8 Å². The lowest BCUT2D eigenvalue weighted by Crippen LogP contribution is -2.21.